The number of nitrogens with zero attached hydrogens (tertiary/aromatic N) is 2. The number of fused-ring (bicyclic) bond motifs is 1. The lowest BCUT2D eigenvalue weighted by molar-refractivity contribution is -0.383. The highest BCUT2D eigenvalue weighted by atomic mass is 17.2. The maximum Gasteiger partial charge on any atom is 0.355 e. The van der Waals surface area contributed by atoms with Gasteiger partial charge in [0.05, 0.1) is 10.3 Å². The van der Waals surface area contributed by atoms with Gasteiger partial charge in [0.25, 0.3) is 5.69 Å². The number of carbonyl (C=O) groups excluding carboxylic acids is 1. The van der Waals surface area contributed by atoms with Crippen molar-refractivity contribution in [1.82, 2.24) is 4.98 Å². The number of non-ortho nitro benzene ring substituents is 1. The minimum Gasteiger partial charge on any atom is -0.285 e. The minimum atomic E-state index is -0.539. The van der Waals surface area contributed by atoms with Crippen LogP contribution in [0.5, 0.6) is 5.75 Å². The molecule has 0 aliphatic rings. The molecule has 0 saturated carbocycles. The molecule has 1 heterocycles. The molecule has 0 N–H and O–H groups in total. The Morgan fingerprint density at radius 2 is 2.21 bits per heavy atom. The molecular formula is C12H10N2O5. The Labute approximate surface area is 107 Å². The summed E-state index contributed by atoms with van der Waals surface area (Å²) in [6, 6.07) is 5.75. The quantitative estimate of drug-likeness (QED) is 0.477. The second kappa shape index (κ2) is 5.30. The Balaban J connectivity index is 2.44. The highest BCUT2D eigenvalue weighted by Gasteiger charge is 2.17. The number of nitro benzene ring substituents is 1. The van der Waals surface area contributed by atoms with Crippen molar-refractivity contribution in [3.63, 3.8) is 0 Å². The van der Waals surface area contributed by atoms with Crippen molar-refractivity contribution in [2.24, 2.45) is 0 Å². The van der Waals surface area contributed by atoms with E-state index in [0.717, 1.165) is 0 Å². The lowest BCUT2D eigenvalue weighted by Crippen LogP contribution is -2.06. The second-order valence-electron chi connectivity index (χ2n) is 3.63. The van der Waals surface area contributed by atoms with Crippen LogP contribution in [-0.2, 0) is 9.68 Å². The molecule has 0 atom stereocenters. The van der Waals surface area contributed by atoms with Crippen LogP contribution in [0.3, 0.4) is 0 Å². The highest BCUT2D eigenvalue weighted by Crippen LogP contribution is 2.31. The smallest absolute Gasteiger partial charge is 0.285 e. The number of benzene rings is 1. The van der Waals surface area contributed by atoms with E-state index in [0.29, 0.717) is 5.39 Å². The van der Waals surface area contributed by atoms with Gasteiger partial charge in [-0.3, -0.25) is 24.9 Å². The lowest BCUT2D eigenvalue weighted by Gasteiger charge is -2.06. The van der Waals surface area contributed by atoms with Crippen LogP contribution < -0.4 is 4.89 Å². The van der Waals surface area contributed by atoms with Gasteiger partial charge >= 0.3 is 5.97 Å². The monoisotopic (exact) mass is 262 g/mol. The fourth-order valence-corrected chi connectivity index (χ4v) is 1.51. The summed E-state index contributed by atoms with van der Waals surface area (Å²) in [7, 11) is 0. The van der Waals surface area contributed by atoms with Crippen molar-refractivity contribution in [3.05, 3.63) is 40.6 Å². The number of hydrogen-bond donors (Lipinski definition) is 0. The molecule has 19 heavy (non-hydrogen) atoms. The van der Waals surface area contributed by atoms with E-state index >= 15 is 0 Å². The fraction of sp³-hybridized carbons (Fsp3) is 0.167. The van der Waals surface area contributed by atoms with Crippen LogP contribution in [0.2, 0.25) is 0 Å². The van der Waals surface area contributed by atoms with Gasteiger partial charge in [0, 0.05) is 18.7 Å². The first-order valence-corrected chi connectivity index (χ1v) is 5.53. The first kappa shape index (κ1) is 12.7. The number of carbonyl (C=O) groups is 1. The molecule has 0 bridgehead atoms. The Morgan fingerprint density at radius 1 is 1.42 bits per heavy atom. The average molecular weight is 262 g/mol. The summed E-state index contributed by atoms with van der Waals surface area (Å²) >= 11 is 0. The molecule has 7 heteroatoms. The minimum absolute atomic E-state index is 0.0859. The van der Waals surface area contributed by atoms with Gasteiger partial charge in [0.15, 0.2) is 0 Å². The van der Waals surface area contributed by atoms with Crippen molar-refractivity contribution >= 4 is 22.6 Å². The first-order valence-electron chi connectivity index (χ1n) is 5.53. The molecule has 0 radical (unpaired) electrons. The number of nitro groups is 1. The second-order valence-corrected chi connectivity index (χ2v) is 3.63. The molecule has 1 aromatic carbocycles. The summed E-state index contributed by atoms with van der Waals surface area (Å²) in [6.07, 6.45) is 1.64. The van der Waals surface area contributed by atoms with Crippen LogP contribution in [0.4, 0.5) is 5.69 Å². The van der Waals surface area contributed by atoms with Crippen molar-refractivity contribution in [2.45, 2.75) is 13.3 Å². The molecule has 2 rings (SSSR count). The van der Waals surface area contributed by atoms with Crippen LogP contribution >= 0.6 is 0 Å². The number of rotatable bonds is 4. The zero-order chi connectivity index (χ0) is 13.8. The zero-order valence-electron chi connectivity index (χ0n) is 10.0. The summed E-state index contributed by atoms with van der Waals surface area (Å²) < 4.78 is 0. The number of pyridine rings is 1. The third-order valence-corrected chi connectivity index (χ3v) is 2.42. The molecular weight excluding hydrogens is 252 g/mol. The number of aromatic nitrogens is 1. The van der Waals surface area contributed by atoms with Crippen LogP contribution in [-0.4, -0.2) is 15.9 Å². The molecule has 0 unspecified atom stereocenters. The third-order valence-electron chi connectivity index (χ3n) is 2.42. The predicted octanol–water partition coefficient (Wildman–Crippen LogP) is 2.39. The Hall–Kier alpha value is -2.70. The lowest BCUT2D eigenvalue weighted by atomic mass is 10.2. The average Bonchev–Trinajstić information content (AvgIpc) is 2.43. The molecule has 0 aliphatic heterocycles. The fourth-order valence-electron chi connectivity index (χ4n) is 1.51. The van der Waals surface area contributed by atoms with E-state index < -0.39 is 10.9 Å². The summed E-state index contributed by atoms with van der Waals surface area (Å²) in [5.41, 5.74) is 0.179. The molecule has 0 spiro atoms. The summed E-state index contributed by atoms with van der Waals surface area (Å²) in [4.78, 5) is 34.8. The van der Waals surface area contributed by atoms with Gasteiger partial charge < -0.3 is 0 Å². The normalized spacial score (nSPS) is 10.2. The Kier molecular flexibility index (Phi) is 3.56. The maximum atomic E-state index is 11.0. The van der Waals surface area contributed by atoms with Gasteiger partial charge in [0.2, 0.25) is 5.75 Å². The first-order chi connectivity index (χ1) is 9.13. The van der Waals surface area contributed by atoms with E-state index in [-0.39, 0.29) is 23.4 Å². The van der Waals surface area contributed by atoms with E-state index in [4.69, 9.17) is 4.89 Å². The van der Waals surface area contributed by atoms with Crippen molar-refractivity contribution in [1.29, 1.82) is 0 Å². The zero-order valence-corrected chi connectivity index (χ0v) is 10.0. The molecule has 0 aliphatic carbocycles. The summed E-state index contributed by atoms with van der Waals surface area (Å²) in [5.74, 6) is -0.384. The van der Waals surface area contributed by atoms with Gasteiger partial charge in [-0.15, -0.1) is 0 Å². The molecule has 2 aromatic rings. The summed E-state index contributed by atoms with van der Waals surface area (Å²) in [6.45, 7) is 1.62. The Bertz CT molecular complexity index is 641. The standard InChI is InChI=1S/C12H10N2O5/c1-2-11(15)19-18-10-6-5-9(14(16)17)8-4-3-7-13-12(8)10/h3-7H,2H2,1H3. The highest BCUT2D eigenvalue weighted by molar-refractivity contribution is 5.92. The van der Waals surface area contributed by atoms with E-state index in [1.807, 2.05) is 0 Å². The van der Waals surface area contributed by atoms with Gasteiger partial charge in [0.1, 0.15) is 5.52 Å². The topological polar surface area (TPSA) is 91.6 Å². The predicted molar refractivity (Wildman–Crippen MR) is 65.4 cm³/mol. The largest absolute Gasteiger partial charge is 0.355 e. The van der Waals surface area contributed by atoms with E-state index in [1.54, 1.807) is 19.1 Å². The van der Waals surface area contributed by atoms with Crippen molar-refractivity contribution in [2.75, 3.05) is 0 Å². The van der Waals surface area contributed by atoms with Gasteiger partial charge in [-0.1, -0.05) is 6.92 Å². The van der Waals surface area contributed by atoms with Gasteiger partial charge in [-0.25, -0.2) is 4.79 Å². The number of hydrogen-bond acceptors (Lipinski definition) is 6. The maximum absolute atomic E-state index is 11.0. The van der Waals surface area contributed by atoms with Crippen molar-refractivity contribution < 1.29 is 19.5 Å². The van der Waals surface area contributed by atoms with E-state index in [9.17, 15) is 14.9 Å². The van der Waals surface area contributed by atoms with E-state index in [2.05, 4.69) is 9.87 Å². The summed E-state index contributed by atoms with van der Waals surface area (Å²) in [5, 5.41) is 11.2. The van der Waals surface area contributed by atoms with Crippen molar-refractivity contribution in [3.8, 4) is 5.75 Å². The third kappa shape index (κ3) is 2.59. The SMILES string of the molecule is CCC(=O)OOc1ccc([N+](=O)[O-])c2cccnc12. The molecule has 0 saturated heterocycles. The molecule has 0 fully saturated rings. The van der Waals surface area contributed by atoms with Gasteiger partial charge in [-0.2, -0.15) is 0 Å². The molecule has 98 valence electrons. The molecule has 0 amide bonds. The molecule has 7 nitrogen and oxygen atoms in total. The van der Waals surface area contributed by atoms with Crippen LogP contribution in [0.25, 0.3) is 10.9 Å². The Morgan fingerprint density at radius 3 is 2.89 bits per heavy atom. The van der Waals surface area contributed by atoms with Gasteiger partial charge in [-0.05, 0) is 18.2 Å². The van der Waals surface area contributed by atoms with Crippen LogP contribution in [0.1, 0.15) is 13.3 Å². The van der Waals surface area contributed by atoms with Crippen LogP contribution in [0.15, 0.2) is 30.5 Å². The van der Waals surface area contributed by atoms with Crippen LogP contribution in [0, 0.1) is 10.1 Å². The molecule has 1 aromatic heterocycles. The van der Waals surface area contributed by atoms with E-state index in [1.165, 1.54) is 18.3 Å².